The molecule has 0 aliphatic rings. The predicted octanol–water partition coefficient (Wildman–Crippen LogP) is 21.9. The molecule has 443 valence electrons. The first-order chi connectivity index (χ1) is 46.5. The van der Waals surface area contributed by atoms with Crippen LogP contribution in [0.1, 0.15) is 0 Å². The summed E-state index contributed by atoms with van der Waals surface area (Å²) in [6.07, 6.45) is 0. The van der Waals surface area contributed by atoms with Crippen LogP contribution in [0.25, 0.3) is 173 Å². The van der Waals surface area contributed by atoms with Crippen LogP contribution in [0.15, 0.2) is 288 Å². The van der Waals surface area contributed by atoms with Gasteiger partial charge in [0.2, 0.25) is 5.28 Å². The van der Waals surface area contributed by atoms with Crippen LogP contribution in [0.4, 0.5) is 0 Å². The maximum absolute atomic E-state index is 8.70. The quantitative estimate of drug-likeness (QED) is 0.124. The number of furan rings is 2. The monoisotopic (exact) mass is 1270 g/mol. The molecule has 8 aromatic heterocycles. The van der Waals surface area contributed by atoms with E-state index in [9.17, 15) is 0 Å². The number of para-hydroxylation sites is 6. The molecule has 0 aliphatic carbocycles. The van der Waals surface area contributed by atoms with Gasteiger partial charge in [0.15, 0.2) is 5.82 Å². The number of hydrogen-bond donors (Lipinski definition) is 1. The lowest BCUT2D eigenvalue weighted by molar-refractivity contribution is 0.454. The molecule has 0 bridgehead atoms. The third-order valence-corrected chi connectivity index (χ3v) is 20.0. The molecule has 0 aliphatic heterocycles. The summed E-state index contributed by atoms with van der Waals surface area (Å²) in [5, 5.41) is 20.6. The summed E-state index contributed by atoms with van der Waals surface area (Å²) in [5.74, 6) is 1.31. The molecule has 12 aromatic carbocycles. The largest absolute Gasteiger partial charge is 0.569 e. The molecule has 8 heterocycles. The molecule has 0 fully saturated rings. The van der Waals surface area contributed by atoms with Gasteiger partial charge < -0.3 is 27.6 Å². The van der Waals surface area contributed by atoms with Gasteiger partial charge in [-0.05, 0) is 133 Å². The number of hydrogen-bond acceptors (Lipinski definition) is 10. The Balaban J connectivity index is 0.000000113. The van der Waals surface area contributed by atoms with E-state index in [2.05, 4.69) is 225 Å². The van der Waals surface area contributed by atoms with Crippen LogP contribution in [0, 0.1) is 0 Å². The zero-order valence-electron chi connectivity index (χ0n) is 49.7. The maximum Gasteiger partial charge on any atom is 0.569 e. The molecule has 0 amide bonds. The number of benzene rings is 12. The van der Waals surface area contributed by atoms with Crippen molar-refractivity contribution < 1.29 is 18.5 Å². The van der Waals surface area contributed by atoms with Crippen LogP contribution in [0.2, 0.25) is 5.28 Å². The minimum Gasteiger partial charge on any atom is -0.537 e. The second-order valence-electron chi connectivity index (χ2n) is 22.9. The van der Waals surface area contributed by atoms with E-state index in [0.717, 1.165) is 115 Å². The average Bonchev–Trinajstić information content (AvgIpc) is 1.59. The SMILES string of the molecule is Clc1nc(-c2ccc3c(c2)oc2ccccc23)c2sc3ccccc3c2n1.O[B]Oc1ccc(-n2c3ccccc3c3ccccc32)cc1.c1ccc2c(c1)oc1cc(-c3nc(-c4ccc(-n5c6ccccc6c6ccccc65)cc4)nc4c3sc3ccccc34)ccc12. The van der Waals surface area contributed by atoms with E-state index in [0.29, 0.717) is 19.3 Å². The summed E-state index contributed by atoms with van der Waals surface area (Å²) < 4.78 is 26.3. The van der Waals surface area contributed by atoms with Gasteiger partial charge in [-0.25, -0.2) is 19.9 Å². The van der Waals surface area contributed by atoms with Crippen LogP contribution in [-0.2, 0) is 0 Å². The van der Waals surface area contributed by atoms with Crippen LogP contribution in [-0.4, -0.2) is 41.8 Å². The Morgan fingerprint density at radius 2 is 0.723 bits per heavy atom. The minimum absolute atomic E-state index is 0.255. The predicted molar refractivity (Wildman–Crippen MR) is 389 cm³/mol. The molecule has 0 unspecified atom stereocenters. The maximum atomic E-state index is 8.70. The normalized spacial score (nSPS) is 11.7. The highest BCUT2D eigenvalue weighted by atomic mass is 35.5. The van der Waals surface area contributed by atoms with Crippen molar-refractivity contribution in [1.82, 2.24) is 29.1 Å². The standard InChI is InChI=1S/C40H23N3OS.C22H11ClN2OS.C18H13BNO2/c1-5-13-32-27(9-1)28-10-2-6-14-33(28)43(32)26-20-17-24(18-21-26)40-41-37(39-38(42-40)31-12-4-8-16-36(31)45-39)25-19-22-30-29-11-3-7-15-34(29)44-35(30)23-25;23-22-24-19(21-20(25-22)15-6-2-4-8-18(15)27-21)12-9-10-14-13-5-1-3-7-16(13)26-17(14)11-12;21-19-22-14-11-9-13(10-12-14)20-17-7-3-1-5-15(17)16-6-2-4-8-18(16)20/h1-23H;1-11H;1-12,21H. The fourth-order valence-electron chi connectivity index (χ4n) is 13.3. The van der Waals surface area contributed by atoms with E-state index in [-0.39, 0.29) is 5.28 Å². The van der Waals surface area contributed by atoms with Gasteiger partial charge in [-0.3, -0.25) is 0 Å². The Morgan fingerprint density at radius 3 is 1.19 bits per heavy atom. The van der Waals surface area contributed by atoms with E-state index in [1.54, 1.807) is 22.7 Å². The highest BCUT2D eigenvalue weighted by Gasteiger charge is 2.21. The zero-order valence-corrected chi connectivity index (χ0v) is 52.1. The van der Waals surface area contributed by atoms with Crippen molar-refractivity contribution in [1.29, 1.82) is 0 Å². The molecule has 0 spiro atoms. The minimum atomic E-state index is 0.255. The molecular weight excluding hydrogens is 1220 g/mol. The lowest BCUT2D eigenvalue weighted by Crippen LogP contribution is -2.00. The molecular formula is C80H47BClN6O4S2. The molecule has 0 saturated heterocycles. The topological polar surface area (TPSA) is 117 Å². The highest BCUT2D eigenvalue weighted by molar-refractivity contribution is 7.26. The lowest BCUT2D eigenvalue weighted by atomic mass is 10.1. The zero-order chi connectivity index (χ0) is 62.4. The Labute approximate surface area is 549 Å². The Bertz CT molecular complexity index is 6260. The first kappa shape index (κ1) is 55.4. The Kier molecular flexibility index (Phi) is 13.4. The van der Waals surface area contributed by atoms with E-state index < -0.39 is 0 Å². The average molecular weight is 1270 g/mol. The number of aromatic nitrogens is 6. The number of rotatable bonds is 7. The van der Waals surface area contributed by atoms with Gasteiger partial charge in [-0.15, -0.1) is 22.7 Å². The third kappa shape index (κ3) is 9.35. The summed E-state index contributed by atoms with van der Waals surface area (Å²) >= 11 is 9.70. The van der Waals surface area contributed by atoms with Crippen molar-refractivity contribution in [2.24, 2.45) is 0 Å². The number of thiophene rings is 2. The van der Waals surface area contributed by atoms with Crippen molar-refractivity contribution in [3.8, 4) is 51.0 Å². The van der Waals surface area contributed by atoms with Crippen molar-refractivity contribution in [2.45, 2.75) is 0 Å². The third-order valence-electron chi connectivity index (χ3n) is 17.5. The summed E-state index contributed by atoms with van der Waals surface area (Å²) in [6.45, 7) is 0. The first-order valence-corrected chi connectivity index (χ1v) is 32.6. The van der Waals surface area contributed by atoms with Gasteiger partial charge >= 0.3 is 7.69 Å². The molecule has 20 rings (SSSR count). The van der Waals surface area contributed by atoms with Crippen LogP contribution >= 0.6 is 34.3 Å². The van der Waals surface area contributed by atoms with Gasteiger partial charge in [0.25, 0.3) is 0 Å². The molecule has 14 heteroatoms. The summed E-state index contributed by atoms with van der Waals surface area (Å²) in [5.41, 5.74) is 17.0. The van der Waals surface area contributed by atoms with Crippen molar-refractivity contribution in [3.63, 3.8) is 0 Å². The van der Waals surface area contributed by atoms with Crippen molar-refractivity contribution in [2.75, 3.05) is 0 Å². The van der Waals surface area contributed by atoms with E-state index in [4.69, 9.17) is 40.1 Å². The molecule has 94 heavy (non-hydrogen) atoms. The summed E-state index contributed by atoms with van der Waals surface area (Å²) in [4.78, 5) is 19.5. The number of halogens is 1. The van der Waals surface area contributed by atoms with Crippen LogP contribution in [0.5, 0.6) is 5.75 Å². The fourth-order valence-corrected chi connectivity index (χ4v) is 15.8. The second-order valence-corrected chi connectivity index (χ2v) is 25.4. The number of fused-ring (bicyclic) bond motifs is 18. The van der Waals surface area contributed by atoms with Gasteiger partial charge in [0, 0.05) is 91.3 Å². The smallest absolute Gasteiger partial charge is 0.537 e. The Hall–Kier alpha value is -11.4. The van der Waals surface area contributed by atoms with Crippen molar-refractivity contribution in [3.05, 3.63) is 284 Å². The van der Waals surface area contributed by atoms with Crippen LogP contribution in [0.3, 0.4) is 0 Å². The summed E-state index contributed by atoms with van der Waals surface area (Å²) in [7, 11) is 0.690. The van der Waals surface area contributed by atoms with Gasteiger partial charge in [-0.2, -0.15) is 0 Å². The summed E-state index contributed by atoms with van der Waals surface area (Å²) in [6, 6.07) is 95.8. The Morgan fingerprint density at radius 1 is 0.351 bits per heavy atom. The fraction of sp³-hybridized carbons (Fsp3) is 0. The van der Waals surface area contributed by atoms with E-state index in [1.165, 1.54) is 53.0 Å². The van der Waals surface area contributed by atoms with Crippen LogP contribution < -0.4 is 4.65 Å². The first-order valence-electron chi connectivity index (χ1n) is 30.6. The van der Waals surface area contributed by atoms with E-state index >= 15 is 0 Å². The molecule has 0 saturated carbocycles. The van der Waals surface area contributed by atoms with Crippen molar-refractivity contribution >= 4 is 170 Å². The van der Waals surface area contributed by atoms with E-state index in [1.807, 2.05) is 72.8 Å². The van der Waals surface area contributed by atoms with Gasteiger partial charge in [0.1, 0.15) is 28.1 Å². The molecule has 20 aromatic rings. The van der Waals surface area contributed by atoms with Gasteiger partial charge in [-0.1, -0.05) is 158 Å². The lowest BCUT2D eigenvalue weighted by Gasteiger charge is -2.10. The highest BCUT2D eigenvalue weighted by Crippen LogP contribution is 2.44. The molecule has 1 radical (unpaired) electrons. The second kappa shape index (κ2) is 22.7. The molecule has 10 nitrogen and oxygen atoms in total. The molecule has 1 N–H and O–H groups in total. The van der Waals surface area contributed by atoms with Gasteiger partial charge in [0.05, 0.1) is 53.9 Å². The number of nitrogens with zero attached hydrogens (tertiary/aromatic N) is 6. The molecule has 0 atom stereocenters.